The number of nitrogens with one attached hydrogen (secondary N) is 2. The molecule has 0 spiro atoms. The standard InChI is InChI=1S/C24H25F6N5O4S/c1-10(23(25,26)27)32-17-6-14(24(28,29)30)13(7-31-17)19-18(22(38)35-11-2-3-12(35)5-4-11)34-21(40-19)20(37)33-15-8-39-9-16(15)36/h6-7,10-12,15-16,36H,2-5,8-9H2,1H3,(H,31,32)(H,33,37)/t10-,11-,12-,15-,16+/m0/s1. The largest absolute Gasteiger partial charge is 0.417 e. The molecule has 2 bridgehead atoms. The Labute approximate surface area is 227 Å². The van der Waals surface area contributed by atoms with Crippen LogP contribution in [0.1, 0.15) is 58.5 Å². The molecule has 3 aliphatic rings. The van der Waals surface area contributed by atoms with Crippen LogP contribution in [0.2, 0.25) is 0 Å². The highest BCUT2D eigenvalue weighted by atomic mass is 32.1. The van der Waals surface area contributed by atoms with E-state index in [-0.39, 0.29) is 40.9 Å². The molecule has 9 nitrogen and oxygen atoms in total. The van der Waals surface area contributed by atoms with E-state index in [2.05, 4.69) is 15.3 Å². The molecule has 2 amide bonds. The number of anilines is 1. The zero-order valence-electron chi connectivity index (χ0n) is 21.0. The first-order valence-corrected chi connectivity index (χ1v) is 13.4. The van der Waals surface area contributed by atoms with Gasteiger partial charge >= 0.3 is 12.4 Å². The number of hydrogen-bond donors (Lipinski definition) is 3. The predicted molar refractivity (Wildman–Crippen MR) is 130 cm³/mol. The molecule has 3 aliphatic heterocycles. The van der Waals surface area contributed by atoms with Crippen LogP contribution in [-0.2, 0) is 10.9 Å². The molecule has 3 N–H and O–H groups in total. The number of halogens is 6. The molecule has 5 heterocycles. The molecule has 0 saturated carbocycles. The van der Waals surface area contributed by atoms with E-state index in [1.165, 1.54) is 0 Å². The lowest BCUT2D eigenvalue weighted by molar-refractivity contribution is -0.138. The van der Waals surface area contributed by atoms with E-state index in [1.54, 1.807) is 4.90 Å². The molecule has 5 rings (SSSR count). The Balaban J connectivity index is 1.56. The number of aliphatic hydroxyl groups excluding tert-OH is 1. The predicted octanol–water partition coefficient (Wildman–Crippen LogP) is 3.84. The number of nitrogens with zero attached hydrogens (tertiary/aromatic N) is 3. The van der Waals surface area contributed by atoms with Crippen molar-refractivity contribution in [2.75, 3.05) is 18.5 Å². The first kappa shape index (κ1) is 28.5. The molecule has 3 fully saturated rings. The van der Waals surface area contributed by atoms with Crippen molar-refractivity contribution in [1.82, 2.24) is 20.2 Å². The number of rotatable bonds is 6. The van der Waals surface area contributed by atoms with Crippen molar-refractivity contribution in [3.05, 3.63) is 28.5 Å². The third-order valence-corrected chi connectivity index (χ3v) is 8.48. The fourth-order valence-corrected chi connectivity index (χ4v) is 6.26. The Morgan fingerprint density at radius 2 is 1.77 bits per heavy atom. The van der Waals surface area contributed by atoms with Crippen molar-refractivity contribution in [2.45, 2.75) is 75.2 Å². The molecule has 0 radical (unpaired) electrons. The summed E-state index contributed by atoms with van der Waals surface area (Å²) in [4.78, 5) is 35.9. The highest BCUT2D eigenvalue weighted by Gasteiger charge is 2.45. The lowest BCUT2D eigenvalue weighted by atomic mass is 10.0. The number of fused-ring (bicyclic) bond motifs is 2. The summed E-state index contributed by atoms with van der Waals surface area (Å²) in [6, 6.07) is -2.70. The van der Waals surface area contributed by atoms with Crippen molar-refractivity contribution in [2.24, 2.45) is 0 Å². The van der Waals surface area contributed by atoms with Crippen LogP contribution < -0.4 is 10.6 Å². The van der Waals surface area contributed by atoms with E-state index in [0.29, 0.717) is 17.4 Å². The van der Waals surface area contributed by atoms with Crippen molar-refractivity contribution >= 4 is 29.0 Å². The van der Waals surface area contributed by atoms with Gasteiger partial charge < -0.3 is 25.4 Å². The highest BCUT2D eigenvalue weighted by Crippen LogP contribution is 2.44. The van der Waals surface area contributed by atoms with Crippen molar-refractivity contribution < 1.29 is 45.8 Å². The maximum absolute atomic E-state index is 14.2. The average Bonchev–Trinajstić information content (AvgIpc) is 3.67. The summed E-state index contributed by atoms with van der Waals surface area (Å²) in [7, 11) is 0. The maximum atomic E-state index is 14.2. The van der Waals surface area contributed by atoms with E-state index >= 15 is 0 Å². The highest BCUT2D eigenvalue weighted by molar-refractivity contribution is 7.17. The monoisotopic (exact) mass is 593 g/mol. The van der Waals surface area contributed by atoms with Crippen LogP contribution in [0.15, 0.2) is 12.3 Å². The summed E-state index contributed by atoms with van der Waals surface area (Å²) < 4.78 is 86.8. The molecule has 40 heavy (non-hydrogen) atoms. The average molecular weight is 594 g/mol. The fraction of sp³-hybridized carbons (Fsp3) is 0.583. The Kier molecular flexibility index (Phi) is 7.46. The van der Waals surface area contributed by atoms with Crippen LogP contribution in [0, 0.1) is 0 Å². The Bertz CT molecular complexity index is 1280. The minimum absolute atomic E-state index is 0.0104. The molecule has 2 aromatic heterocycles. The molecule has 2 aromatic rings. The van der Waals surface area contributed by atoms with E-state index in [4.69, 9.17) is 4.74 Å². The lowest BCUT2D eigenvalue weighted by Crippen LogP contribution is -2.42. The summed E-state index contributed by atoms with van der Waals surface area (Å²) in [6.07, 6.45) is -7.05. The normalized spacial score (nSPS) is 25.4. The Hall–Kier alpha value is -2.98. The van der Waals surface area contributed by atoms with Crippen molar-refractivity contribution in [1.29, 1.82) is 0 Å². The molecule has 0 aromatic carbocycles. The molecule has 3 saturated heterocycles. The van der Waals surface area contributed by atoms with Gasteiger partial charge in [0.25, 0.3) is 11.8 Å². The summed E-state index contributed by atoms with van der Waals surface area (Å²) in [5.74, 6) is -2.10. The SMILES string of the molecule is C[C@H](Nc1cc(C(F)(F)F)c(-c2sc(C(=O)N[C@H]3COC[C@H]3O)nc2C(=O)N2[C@H]3CC[C@H]2CC3)cn1)C(F)(F)F. The minimum atomic E-state index is -5.04. The van der Waals surface area contributed by atoms with Crippen LogP contribution in [0.4, 0.5) is 32.2 Å². The van der Waals surface area contributed by atoms with Gasteiger partial charge in [0.05, 0.1) is 35.8 Å². The number of carbonyl (C=O) groups excluding carboxylic acids is 2. The first-order valence-electron chi connectivity index (χ1n) is 12.5. The molecule has 218 valence electrons. The second kappa shape index (κ2) is 10.4. The van der Waals surface area contributed by atoms with Gasteiger partial charge in [0.15, 0.2) is 5.01 Å². The smallest absolute Gasteiger partial charge is 0.388 e. The maximum Gasteiger partial charge on any atom is 0.417 e. The van der Waals surface area contributed by atoms with Crippen molar-refractivity contribution in [3.63, 3.8) is 0 Å². The van der Waals surface area contributed by atoms with Gasteiger partial charge in [-0.1, -0.05) is 0 Å². The number of thiazole rings is 1. The molecular formula is C24H25F6N5O4S. The Morgan fingerprint density at radius 1 is 1.12 bits per heavy atom. The number of aromatic nitrogens is 2. The van der Waals surface area contributed by atoms with E-state index < -0.39 is 59.3 Å². The van der Waals surface area contributed by atoms with E-state index in [0.717, 1.165) is 38.8 Å². The molecule has 0 aliphatic carbocycles. The number of amides is 2. The van der Waals surface area contributed by atoms with E-state index in [9.17, 15) is 41.0 Å². The first-order chi connectivity index (χ1) is 18.7. The zero-order chi connectivity index (χ0) is 29.0. The van der Waals surface area contributed by atoms with Crippen LogP contribution in [0.5, 0.6) is 0 Å². The third kappa shape index (κ3) is 5.48. The number of carbonyl (C=O) groups is 2. The van der Waals surface area contributed by atoms with Crippen molar-refractivity contribution in [3.8, 4) is 10.4 Å². The van der Waals surface area contributed by atoms with Gasteiger partial charge in [0, 0.05) is 23.8 Å². The van der Waals surface area contributed by atoms with Crippen LogP contribution in [0.25, 0.3) is 10.4 Å². The minimum Gasteiger partial charge on any atom is -0.388 e. The van der Waals surface area contributed by atoms with Crippen LogP contribution >= 0.6 is 11.3 Å². The topological polar surface area (TPSA) is 117 Å². The number of ether oxygens (including phenoxy) is 1. The number of aliphatic hydroxyl groups is 1. The van der Waals surface area contributed by atoms with Gasteiger partial charge in [0.2, 0.25) is 0 Å². The van der Waals surface area contributed by atoms with Crippen LogP contribution in [-0.4, -0.2) is 81.5 Å². The summed E-state index contributed by atoms with van der Waals surface area (Å²) >= 11 is 0.536. The van der Waals surface area contributed by atoms with Gasteiger partial charge in [0.1, 0.15) is 17.6 Å². The summed E-state index contributed by atoms with van der Waals surface area (Å²) in [6.45, 7) is 0.745. The van der Waals surface area contributed by atoms with Gasteiger partial charge in [-0.15, -0.1) is 11.3 Å². The fourth-order valence-electron chi connectivity index (χ4n) is 5.28. The number of hydrogen-bond acceptors (Lipinski definition) is 8. The van der Waals surface area contributed by atoms with E-state index in [1.807, 2.05) is 5.32 Å². The number of alkyl halides is 6. The summed E-state index contributed by atoms with van der Waals surface area (Å²) in [5.41, 5.74) is -2.30. The van der Waals surface area contributed by atoms with Gasteiger partial charge in [-0.05, 0) is 38.7 Å². The second-order valence-electron chi connectivity index (χ2n) is 10.1. The summed E-state index contributed by atoms with van der Waals surface area (Å²) in [5, 5.41) is 14.1. The molecule has 3 atom stereocenters. The van der Waals surface area contributed by atoms with Crippen LogP contribution in [0.3, 0.4) is 0 Å². The zero-order valence-corrected chi connectivity index (χ0v) is 21.8. The number of pyridine rings is 1. The molecular weight excluding hydrogens is 568 g/mol. The lowest BCUT2D eigenvalue weighted by Gasteiger charge is -2.22. The Morgan fingerprint density at radius 3 is 2.33 bits per heavy atom. The second-order valence-corrected chi connectivity index (χ2v) is 11.1. The molecule has 16 heteroatoms. The van der Waals surface area contributed by atoms with Gasteiger partial charge in [-0.25, -0.2) is 9.97 Å². The third-order valence-electron chi connectivity index (χ3n) is 7.39. The van der Waals surface area contributed by atoms with Gasteiger partial charge in [-0.3, -0.25) is 9.59 Å². The quantitative estimate of drug-likeness (QED) is 0.436. The molecule has 0 unspecified atom stereocenters. The van der Waals surface area contributed by atoms with Gasteiger partial charge in [-0.2, -0.15) is 26.3 Å².